The summed E-state index contributed by atoms with van der Waals surface area (Å²) in [6, 6.07) is 3.79. The van der Waals surface area contributed by atoms with E-state index in [1.165, 1.54) is 6.07 Å². The first-order chi connectivity index (χ1) is 15.7. The molecule has 3 aromatic rings. The SMILES string of the molecule is Cc1noc(C)c1-c1cc(S(=O)(=O)NC2CCCC2)c2cc(NC(CO)CO)c(=O)[nH]c2c1. The molecule has 2 heterocycles. The Bertz CT molecular complexity index is 1300. The predicted octanol–water partition coefficient (Wildman–Crippen LogP) is 1.79. The van der Waals surface area contributed by atoms with Crippen LogP contribution in [0.25, 0.3) is 22.0 Å². The van der Waals surface area contributed by atoms with E-state index in [4.69, 9.17) is 4.52 Å². The second kappa shape index (κ2) is 9.26. The summed E-state index contributed by atoms with van der Waals surface area (Å²) >= 11 is 0. The maximum atomic E-state index is 13.5. The number of rotatable bonds is 8. The van der Waals surface area contributed by atoms with Crippen LogP contribution in [0.15, 0.2) is 32.4 Å². The number of nitrogens with zero attached hydrogens (tertiary/aromatic N) is 1. The zero-order valence-corrected chi connectivity index (χ0v) is 19.3. The number of sulfonamides is 1. The first-order valence-electron chi connectivity index (χ1n) is 10.9. The number of nitrogens with one attached hydrogen (secondary N) is 3. The number of aromatic amines is 1. The van der Waals surface area contributed by atoms with E-state index in [9.17, 15) is 23.4 Å². The van der Waals surface area contributed by atoms with Gasteiger partial charge < -0.3 is 25.0 Å². The molecule has 11 heteroatoms. The maximum absolute atomic E-state index is 13.5. The first kappa shape index (κ1) is 23.4. The highest BCUT2D eigenvalue weighted by molar-refractivity contribution is 7.89. The second-order valence-corrected chi connectivity index (χ2v) is 10.1. The van der Waals surface area contributed by atoms with Crippen molar-refractivity contribution in [2.75, 3.05) is 18.5 Å². The largest absolute Gasteiger partial charge is 0.394 e. The highest BCUT2D eigenvalue weighted by Gasteiger charge is 2.27. The van der Waals surface area contributed by atoms with Crippen LogP contribution in [0, 0.1) is 13.8 Å². The average molecular weight is 477 g/mol. The van der Waals surface area contributed by atoms with Crippen molar-refractivity contribution < 1.29 is 23.2 Å². The zero-order chi connectivity index (χ0) is 23.8. The molecule has 0 atom stereocenters. The monoisotopic (exact) mass is 476 g/mol. The highest BCUT2D eigenvalue weighted by Crippen LogP contribution is 2.34. The summed E-state index contributed by atoms with van der Waals surface area (Å²) in [7, 11) is -3.93. The smallest absolute Gasteiger partial charge is 0.271 e. The zero-order valence-electron chi connectivity index (χ0n) is 18.5. The molecule has 1 aliphatic rings. The Morgan fingerprint density at radius 2 is 1.88 bits per heavy atom. The van der Waals surface area contributed by atoms with Crippen molar-refractivity contribution in [3.63, 3.8) is 0 Å². The summed E-state index contributed by atoms with van der Waals surface area (Å²) in [5, 5.41) is 25.8. The molecule has 0 spiro atoms. The molecule has 0 amide bonds. The van der Waals surface area contributed by atoms with E-state index in [1.54, 1.807) is 26.0 Å². The molecular weight excluding hydrogens is 448 g/mol. The molecule has 0 saturated heterocycles. The molecule has 10 nitrogen and oxygen atoms in total. The third kappa shape index (κ3) is 4.67. The topological polar surface area (TPSA) is 158 Å². The molecule has 4 rings (SSSR count). The van der Waals surface area contributed by atoms with Crippen molar-refractivity contribution in [1.82, 2.24) is 14.9 Å². The Morgan fingerprint density at radius 3 is 2.48 bits per heavy atom. The molecular formula is C22H28N4O6S. The highest BCUT2D eigenvalue weighted by atomic mass is 32.2. The van der Waals surface area contributed by atoms with Gasteiger partial charge in [0.15, 0.2) is 0 Å². The van der Waals surface area contributed by atoms with Gasteiger partial charge in [0.1, 0.15) is 11.4 Å². The van der Waals surface area contributed by atoms with Gasteiger partial charge >= 0.3 is 0 Å². The van der Waals surface area contributed by atoms with Gasteiger partial charge in [-0.15, -0.1) is 0 Å². The first-order valence-corrected chi connectivity index (χ1v) is 12.4. The van der Waals surface area contributed by atoms with Crippen molar-refractivity contribution in [2.24, 2.45) is 0 Å². The van der Waals surface area contributed by atoms with Gasteiger partial charge in [-0.1, -0.05) is 18.0 Å². The van der Waals surface area contributed by atoms with E-state index in [1.807, 2.05) is 0 Å². The van der Waals surface area contributed by atoms with E-state index in [0.29, 0.717) is 33.5 Å². The van der Waals surface area contributed by atoms with Crippen molar-refractivity contribution in [1.29, 1.82) is 0 Å². The Balaban J connectivity index is 1.93. The van der Waals surface area contributed by atoms with Crippen molar-refractivity contribution in [3.05, 3.63) is 40.0 Å². The van der Waals surface area contributed by atoms with Gasteiger partial charge in [-0.25, -0.2) is 13.1 Å². The summed E-state index contributed by atoms with van der Waals surface area (Å²) in [5.74, 6) is 0.535. The minimum atomic E-state index is -3.93. The summed E-state index contributed by atoms with van der Waals surface area (Å²) in [5.41, 5.74) is 1.71. The number of aromatic nitrogens is 2. The average Bonchev–Trinajstić information content (AvgIpc) is 3.40. The van der Waals surface area contributed by atoms with Gasteiger partial charge in [0, 0.05) is 17.0 Å². The molecule has 5 N–H and O–H groups in total. The number of pyridine rings is 1. The lowest BCUT2D eigenvalue weighted by atomic mass is 10.0. The van der Waals surface area contributed by atoms with Gasteiger partial charge in [-0.3, -0.25) is 4.79 Å². The van der Waals surface area contributed by atoms with Crippen LogP contribution in [0.5, 0.6) is 0 Å². The standard InChI is InChI=1S/C22H28N4O6S/c1-12-21(13(2)32-25-12)14-7-18-17(9-19(22(29)24-18)23-16(10-27)11-28)20(8-14)33(30,31)26-15-5-3-4-6-15/h7-9,15-16,23,26-28H,3-6,10-11H2,1-2H3,(H,24,29). The Hall–Kier alpha value is -2.73. The number of anilines is 1. The van der Waals surface area contributed by atoms with Crippen LogP contribution in [0.1, 0.15) is 37.1 Å². The van der Waals surface area contributed by atoms with Crippen molar-refractivity contribution in [3.8, 4) is 11.1 Å². The van der Waals surface area contributed by atoms with E-state index in [0.717, 1.165) is 25.7 Å². The second-order valence-electron chi connectivity index (χ2n) is 8.46. The summed E-state index contributed by atoms with van der Waals surface area (Å²) < 4.78 is 35.0. The minimum Gasteiger partial charge on any atom is -0.394 e. The fraction of sp³-hybridized carbons (Fsp3) is 0.455. The van der Waals surface area contributed by atoms with Crippen LogP contribution >= 0.6 is 0 Å². The lowest BCUT2D eigenvalue weighted by Crippen LogP contribution is -2.33. The third-order valence-electron chi connectivity index (χ3n) is 6.01. The van der Waals surface area contributed by atoms with Gasteiger partial charge in [0.05, 0.1) is 35.4 Å². The van der Waals surface area contributed by atoms with E-state index in [2.05, 4.69) is 20.2 Å². The van der Waals surface area contributed by atoms with Gasteiger partial charge in [0.2, 0.25) is 10.0 Å². The van der Waals surface area contributed by atoms with E-state index in [-0.39, 0.29) is 16.6 Å². The van der Waals surface area contributed by atoms with Crippen molar-refractivity contribution in [2.45, 2.75) is 56.5 Å². The molecule has 178 valence electrons. The predicted molar refractivity (Wildman–Crippen MR) is 124 cm³/mol. The molecule has 1 fully saturated rings. The van der Waals surface area contributed by atoms with E-state index >= 15 is 0 Å². The number of aliphatic hydroxyl groups is 2. The Labute approximate surface area is 191 Å². The molecule has 2 aromatic heterocycles. The molecule has 1 saturated carbocycles. The number of benzene rings is 1. The lowest BCUT2D eigenvalue weighted by molar-refractivity contribution is 0.204. The number of fused-ring (bicyclic) bond motifs is 1. The van der Waals surface area contributed by atoms with Gasteiger partial charge in [-0.2, -0.15) is 0 Å². The quantitative estimate of drug-likeness (QED) is 0.329. The minimum absolute atomic E-state index is 0.0192. The third-order valence-corrected chi connectivity index (χ3v) is 7.57. The summed E-state index contributed by atoms with van der Waals surface area (Å²) in [6.45, 7) is 2.71. The maximum Gasteiger partial charge on any atom is 0.271 e. The van der Waals surface area contributed by atoms with Gasteiger partial charge in [0.25, 0.3) is 5.56 Å². The normalized spacial score (nSPS) is 15.1. The number of aryl methyl sites for hydroxylation is 2. The van der Waals surface area contributed by atoms with Crippen LogP contribution in [0.4, 0.5) is 5.69 Å². The molecule has 0 radical (unpaired) electrons. The molecule has 1 aliphatic carbocycles. The number of H-pyrrole nitrogens is 1. The van der Waals surface area contributed by atoms with Crippen LogP contribution in [-0.4, -0.2) is 54.1 Å². The number of hydrogen-bond acceptors (Lipinski definition) is 8. The molecule has 1 aromatic carbocycles. The van der Waals surface area contributed by atoms with Crippen molar-refractivity contribution >= 4 is 26.6 Å². The van der Waals surface area contributed by atoms with Crippen LogP contribution < -0.4 is 15.6 Å². The molecule has 0 aliphatic heterocycles. The Kier molecular flexibility index (Phi) is 6.57. The molecule has 0 unspecified atom stereocenters. The van der Waals surface area contributed by atoms with E-state index < -0.39 is 34.8 Å². The van der Waals surface area contributed by atoms with Crippen LogP contribution in [0.2, 0.25) is 0 Å². The van der Waals surface area contributed by atoms with Crippen LogP contribution in [-0.2, 0) is 10.0 Å². The number of aliphatic hydroxyl groups excluding tert-OH is 2. The van der Waals surface area contributed by atoms with Gasteiger partial charge in [-0.05, 0) is 50.5 Å². The van der Waals surface area contributed by atoms with Crippen LogP contribution in [0.3, 0.4) is 0 Å². The fourth-order valence-electron chi connectivity index (χ4n) is 4.34. The summed E-state index contributed by atoms with van der Waals surface area (Å²) in [6.07, 6.45) is 3.49. The molecule has 0 bridgehead atoms. The number of hydrogen-bond donors (Lipinski definition) is 5. The fourth-order valence-corrected chi connectivity index (χ4v) is 5.88. The summed E-state index contributed by atoms with van der Waals surface area (Å²) in [4.78, 5) is 15.4. The molecule has 33 heavy (non-hydrogen) atoms. The Morgan fingerprint density at radius 1 is 1.18 bits per heavy atom. The lowest BCUT2D eigenvalue weighted by Gasteiger charge is -2.18.